The van der Waals surface area contributed by atoms with Crippen molar-refractivity contribution >= 4 is 63.4 Å². The van der Waals surface area contributed by atoms with Gasteiger partial charge in [-0.25, -0.2) is 4.79 Å². The van der Waals surface area contributed by atoms with Gasteiger partial charge >= 0.3 is 5.97 Å². The Labute approximate surface area is 273 Å². The molecule has 1 aliphatic rings. The van der Waals surface area contributed by atoms with Crippen LogP contribution in [0.1, 0.15) is 20.8 Å². The summed E-state index contributed by atoms with van der Waals surface area (Å²) in [5.74, 6) is -1.24. The van der Waals surface area contributed by atoms with Crippen molar-refractivity contribution in [2.45, 2.75) is 37.8 Å². The Hall–Kier alpha value is -4.59. The first-order valence-corrected chi connectivity index (χ1v) is 17.5. The van der Waals surface area contributed by atoms with Crippen molar-refractivity contribution in [2.24, 2.45) is 0 Å². The van der Waals surface area contributed by atoms with Gasteiger partial charge in [-0.1, -0.05) is 121 Å². The van der Waals surface area contributed by atoms with Crippen molar-refractivity contribution < 1.29 is 28.7 Å². The van der Waals surface area contributed by atoms with Crippen molar-refractivity contribution in [1.82, 2.24) is 10.2 Å². The number of rotatable bonds is 11. The third-order valence-corrected chi connectivity index (χ3v) is 12.4. The number of likely N-dealkylation sites (tertiary alicyclic amines) is 1. The van der Waals surface area contributed by atoms with Crippen LogP contribution in [0, 0.1) is 0 Å². The molecule has 4 aromatic carbocycles. The Morgan fingerprint density at radius 1 is 0.804 bits per heavy atom. The van der Waals surface area contributed by atoms with Gasteiger partial charge in [0.05, 0.1) is 0 Å². The number of para-hydroxylation sites is 1. The fourth-order valence-electron chi connectivity index (χ4n) is 5.39. The van der Waals surface area contributed by atoms with Crippen LogP contribution >= 0.6 is 18.6 Å². The van der Waals surface area contributed by atoms with Gasteiger partial charge < -0.3 is 14.8 Å². The highest BCUT2D eigenvalue weighted by Gasteiger charge is 2.55. The van der Waals surface area contributed by atoms with Gasteiger partial charge in [-0.05, 0) is 48.8 Å². The van der Waals surface area contributed by atoms with E-state index < -0.39 is 41.7 Å². The number of nitrogens with zero attached hydrogens (tertiary/aromatic N) is 1. The molecule has 0 unspecified atom stereocenters. The molecule has 1 aliphatic heterocycles. The highest BCUT2D eigenvalue weighted by atomic mass is 32.2. The molecule has 1 saturated heterocycles. The number of hydrogen-bond donors (Lipinski definition) is 1. The first-order valence-electron chi connectivity index (χ1n) is 14.7. The molecule has 46 heavy (non-hydrogen) atoms. The number of ether oxygens (including phenoxy) is 2. The minimum absolute atomic E-state index is 0.126. The highest BCUT2D eigenvalue weighted by Crippen LogP contribution is 2.49. The monoisotopic (exact) mass is 654 g/mol. The van der Waals surface area contributed by atoms with Gasteiger partial charge in [0.25, 0.3) is 11.8 Å². The van der Waals surface area contributed by atoms with Crippen LogP contribution in [0.25, 0.3) is 0 Å². The number of amides is 2. The van der Waals surface area contributed by atoms with E-state index >= 15 is 0 Å². The van der Waals surface area contributed by atoms with E-state index in [1.54, 1.807) is 45.0 Å². The zero-order chi connectivity index (χ0) is 32.7. The van der Waals surface area contributed by atoms with Gasteiger partial charge in [0.1, 0.15) is 28.2 Å². The zero-order valence-electron chi connectivity index (χ0n) is 25.7. The minimum Gasteiger partial charge on any atom is -0.484 e. The molecule has 1 heterocycles. The molecule has 0 spiro atoms. The molecule has 236 valence electrons. The second-order valence-corrected chi connectivity index (χ2v) is 15.7. The number of β-lactam (4-membered cyclic amide) rings is 1. The van der Waals surface area contributed by atoms with E-state index in [2.05, 4.69) is 5.32 Å². The summed E-state index contributed by atoms with van der Waals surface area (Å²) >= 11 is 0.818. The third kappa shape index (κ3) is 6.81. The summed E-state index contributed by atoms with van der Waals surface area (Å²) in [5, 5.41) is 4.27. The average Bonchev–Trinajstić information content (AvgIpc) is 3.07. The van der Waals surface area contributed by atoms with Crippen LogP contribution < -0.4 is 26.0 Å². The molecule has 4 aromatic rings. The van der Waals surface area contributed by atoms with Gasteiger partial charge in [-0.2, -0.15) is 0 Å². The molecule has 0 aromatic heterocycles. The SMILES string of the molecule is CC(C)(C)OC(=O)C(N1C(=O)[C@@H](NC(=O)COc2ccccc2)[C@H]1SC=O)=P(c1ccccc1)(c1ccccc1)c1ccccc1. The molecule has 10 heteroatoms. The number of thioether (sulfide) groups is 1. The fourth-order valence-corrected chi connectivity index (χ4v) is 10.6. The average molecular weight is 655 g/mol. The van der Waals surface area contributed by atoms with Gasteiger partial charge in [0, 0.05) is 6.89 Å². The van der Waals surface area contributed by atoms with Gasteiger partial charge in [-0.15, -0.1) is 0 Å². The molecular weight excluding hydrogens is 619 g/mol. The topological polar surface area (TPSA) is 102 Å². The second-order valence-electron chi connectivity index (χ2n) is 11.5. The molecular formula is C36H35N2O6PS. The largest absolute Gasteiger partial charge is 0.484 e. The summed E-state index contributed by atoms with van der Waals surface area (Å²) in [5.41, 5.74) is -0.156. The summed E-state index contributed by atoms with van der Waals surface area (Å²) in [7, 11) is 0. The quantitative estimate of drug-likeness (QED) is 0.113. The standard InChI is InChI=1S/C36H35N2O6PS/c1-36(2,3)44-35(42)33(38-32(41)31(34(38)46-25-39)37-30(40)24-43-26-16-8-4-9-17-26)45(27-18-10-5-11-19-27,28-20-12-6-13-21-28)29-22-14-7-15-23-29/h4-23,25,31,34H,24H2,1-3H3,(H,37,40)/t31-,34-/m1/s1. The Morgan fingerprint density at radius 2 is 1.26 bits per heavy atom. The molecule has 2 amide bonds. The van der Waals surface area contributed by atoms with Crippen LogP contribution in [-0.2, 0) is 23.9 Å². The van der Waals surface area contributed by atoms with Crippen molar-refractivity contribution in [1.29, 1.82) is 0 Å². The van der Waals surface area contributed by atoms with Gasteiger partial charge in [0.15, 0.2) is 12.2 Å². The molecule has 8 nitrogen and oxygen atoms in total. The molecule has 0 aliphatic carbocycles. The molecule has 0 bridgehead atoms. The van der Waals surface area contributed by atoms with E-state index in [1.165, 1.54) is 4.90 Å². The second kappa shape index (κ2) is 14.2. The van der Waals surface area contributed by atoms with Crippen LogP contribution in [0.4, 0.5) is 0 Å². The van der Waals surface area contributed by atoms with E-state index in [-0.39, 0.29) is 12.0 Å². The Morgan fingerprint density at radius 3 is 1.70 bits per heavy atom. The maximum absolute atomic E-state index is 14.6. The van der Waals surface area contributed by atoms with Crippen LogP contribution in [0.3, 0.4) is 0 Å². The molecule has 0 saturated carbocycles. The number of nitrogens with one attached hydrogen (secondary N) is 1. The lowest BCUT2D eigenvalue weighted by Crippen LogP contribution is -2.72. The normalized spacial score (nSPS) is 16.2. The van der Waals surface area contributed by atoms with E-state index in [0.717, 1.165) is 27.7 Å². The predicted molar refractivity (Wildman–Crippen MR) is 185 cm³/mol. The molecule has 5 rings (SSSR count). The number of carbonyl (C=O) groups excluding carboxylic acids is 4. The Balaban J connectivity index is 1.71. The third-order valence-electron chi connectivity index (χ3n) is 7.23. The molecule has 0 radical (unpaired) electrons. The summed E-state index contributed by atoms with van der Waals surface area (Å²) in [6.07, 6.45) is 0. The first kappa shape index (κ1) is 32.8. The summed E-state index contributed by atoms with van der Waals surface area (Å²) in [6.45, 7) is 1.81. The molecule has 1 N–H and O–H groups in total. The Kier molecular flexibility index (Phi) is 10.1. The van der Waals surface area contributed by atoms with Crippen molar-refractivity contribution in [3.05, 3.63) is 121 Å². The number of hydrogen-bond acceptors (Lipinski definition) is 7. The fraction of sp³-hybridized carbons (Fsp3) is 0.194. The summed E-state index contributed by atoms with van der Waals surface area (Å²) in [4.78, 5) is 55.2. The summed E-state index contributed by atoms with van der Waals surface area (Å²) < 4.78 is 11.6. The van der Waals surface area contributed by atoms with Crippen molar-refractivity contribution in [2.75, 3.05) is 6.61 Å². The lowest BCUT2D eigenvalue weighted by molar-refractivity contribution is -0.151. The smallest absolute Gasteiger partial charge is 0.356 e. The predicted octanol–water partition coefficient (Wildman–Crippen LogP) is 4.11. The molecule has 2 atom stereocenters. The lowest BCUT2D eigenvalue weighted by Gasteiger charge is -2.49. The maximum Gasteiger partial charge on any atom is 0.356 e. The van der Waals surface area contributed by atoms with Gasteiger partial charge in [-0.3, -0.25) is 19.3 Å². The van der Waals surface area contributed by atoms with Crippen molar-refractivity contribution in [3.8, 4) is 5.75 Å². The van der Waals surface area contributed by atoms with Crippen LogP contribution in [0.2, 0.25) is 0 Å². The van der Waals surface area contributed by atoms with Crippen LogP contribution in [0.15, 0.2) is 121 Å². The maximum atomic E-state index is 14.6. The number of benzene rings is 4. The minimum atomic E-state index is -3.16. The number of carbonyl (C=O) groups is 4. The van der Waals surface area contributed by atoms with Crippen molar-refractivity contribution in [3.63, 3.8) is 0 Å². The highest BCUT2D eigenvalue weighted by molar-refractivity contribution is 8.12. The van der Waals surface area contributed by atoms with Gasteiger partial charge in [0.2, 0.25) is 0 Å². The summed E-state index contributed by atoms with van der Waals surface area (Å²) in [6, 6.07) is 36.5. The first-order chi connectivity index (χ1) is 22.2. The number of esters is 1. The molecule has 1 fully saturated rings. The Bertz CT molecular complexity index is 1640. The van der Waals surface area contributed by atoms with E-state index in [4.69, 9.17) is 9.47 Å². The lowest BCUT2D eigenvalue weighted by atomic mass is 10.1. The zero-order valence-corrected chi connectivity index (χ0v) is 27.4. The van der Waals surface area contributed by atoms with E-state index in [0.29, 0.717) is 11.4 Å². The van der Waals surface area contributed by atoms with Crippen LogP contribution in [-0.4, -0.2) is 57.3 Å². The van der Waals surface area contributed by atoms with E-state index in [1.807, 2.05) is 97.1 Å². The van der Waals surface area contributed by atoms with E-state index in [9.17, 15) is 19.2 Å². The van der Waals surface area contributed by atoms with Crippen LogP contribution in [0.5, 0.6) is 5.75 Å².